The normalized spacial score (nSPS) is 22.7. The number of nitrogen functional groups attached to an aromatic ring is 1. The lowest BCUT2D eigenvalue weighted by atomic mass is 10.0. The summed E-state index contributed by atoms with van der Waals surface area (Å²) in [5.74, 6) is 0. The summed E-state index contributed by atoms with van der Waals surface area (Å²) < 4.78 is 39.4. The van der Waals surface area contributed by atoms with Gasteiger partial charge in [0.2, 0.25) is 0 Å². The van der Waals surface area contributed by atoms with E-state index < -0.39 is 11.7 Å². The van der Waals surface area contributed by atoms with Gasteiger partial charge < -0.3 is 5.73 Å². The minimum atomic E-state index is -4.35. The Bertz CT molecular complexity index is 537. The van der Waals surface area contributed by atoms with Crippen LogP contribution in [0.25, 0.3) is 0 Å². The Balaban J connectivity index is 1.79. The zero-order valence-electron chi connectivity index (χ0n) is 12.1. The number of hydrogen-bond donors (Lipinski definition) is 1. The minimum absolute atomic E-state index is 0.156. The maximum absolute atomic E-state index is 13.1. The van der Waals surface area contributed by atoms with Gasteiger partial charge in [-0.1, -0.05) is 6.07 Å². The molecule has 116 valence electrons. The molecule has 2 aliphatic rings. The molecule has 1 aliphatic carbocycles. The molecule has 2 N–H and O–H groups in total. The average molecular weight is 299 g/mol. The molecule has 6 heteroatoms. The molecule has 3 rings (SSSR count). The van der Waals surface area contributed by atoms with Crippen molar-refractivity contribution in [2.45, 2.75) is 31.1 Å². The van der Waals surface area contributed by atoms with Crippen molar-refractivity contribution in [1.29, 1.82) is 0 Å². The molecule has 0 aromatic heterocycles. The quantitative estimate of drug-likeness (QED) is 0.852. The second-order valence-corrected chi connectivity index (χ2v) is 6.27. The van der Waals surface area contributed by atoms with Gasteiger partial charge in [0.1, 0.15) is 0 Å². The lowest BCUT2D eigenvalue weighted by molar-refractivity contribution is -0.138. The van der Waals surface area contributed by atoms with Gasteiger partial charge >= 0.3 is 6.18 Å². The average Bonchev–Trinajstić information content (AvgIpc) is 3.16. The van der Waals surface area contributed by atoms with E-state index in [4.69, 9.17) is 5.73 Å². The number of piperazine rings is 1. The molecular formula is C15H20F3N3. The third-order valence-corrected chi connectivity index (χ3v) is 4.74. The molecule has 1 aromatic rings. The lowest BCUT2D eigenvalue weighted by Crippen LogP contribution is -2.52. The third-order valence-electron chi connectivity index (χ3n) is 4.74. The van der Waals surface area contributed by atoms with Gasteiger partial charge in [0.15, 0.2) is 0 Å². The first-order valence-electron chi connectivity index (χ1n) is 7.19. The van der Waals surface area contributed by atoms with Crippen molar-refractivity contribution in [1.82, 2.24) is 9.80 Å². The number of nitrogens with zero attached hydrogens (tertiary/aromatic N) is 2. The fourth-order valence-electron chi connectivity index (χ4n) is 3.20. The molecule has 0 radical (unpaired) electrons. The van der Waals surface area contributed by atoms with Crippen LogP contribution in [0.4, 0.5) is 18.9 Å². The molecule has 0 atom stereocenters. The van der Waals surface area contributed by atoms with E-state index in [0.717, 1.165) is 38.5 Å². The lowest BCUT2D eigenvalue weighted by Gasteiger charge is -2.40. The number of halogens is 3. The van der Waals surface area contributed by atoms with Crippen molar-refractivity contribution in [3.05, 3.63) is 29.3 Å². The first-order valence-corrected chi connectivity index (χ1v) is 7.19. The number of anilines is 1. The van der Waals surface area contributed by atoms with E-state index in [0.29, 0.717) is 12.1 Å². The van der Waals surface area contributed by atoms with Crippen molar-refractivity contribution in [2.24, 2.45) is 0 Å². The summed E-state index contributed by atoms with van der Waals surface area (Å²) in [6.45, 7) is 2.91. The van der Waals surface area contributed by atoms with Crippen LogP contribution in [0.2, 0.25) is 0 Å². The molecule has 1 saturated carbocycles. The van der Waals surface area contributed by atoms with Gasteiger partial charge in [-0.2, -0.15) is 13.2 Å². The van der Waals surface area contributed by atoms with Gasteiger partial charge in [0, 0.05) is 37.4 Å². The summed E-state index contributed by atoms with van der Waals surface area (Å²) in [6.07, 6.45) is -2.06. The van der Waals surface area contributed by atoms with E-state index in [2.05, 4.69) is 16.8 Å². The van der Waals surface area contributed by atoms with Gasteiger partial charge in [-0.25, -0.2) is 0 Å². The van der Waals surface area contributed by atoms with E-state index in [1.54, 1.807) is 6.07 Å². The maximum atomic E-state index is 13.1. The summed E-state index contributed by atoms with van der Waals surface area (Å²) in [5.41, 5.74) is 5.59. The van der Waals surface area contributed by atoms with Crippen LogP contribution in [0.3, 0.4) is 0 Å². The zero-order chi connectivity index (χ0) is 15.3. The fraction of sp³-hybridized carbons (Fsp3) is 0.600. The number of alkyl halides is 3. The van der Waals surface area contributed by atoms with Gasteiger partial charge in [0.25, 0.3) is 0 Å². The Morgan fingerprint density at radius 3 is 2.57 bits per heavy atom. The summed E-state index contributed by atoms with van der Waals surface area (Å²) in [7, 11) is 2.11. The largest absolute Gasteiger partial charge is 0.416 e. The molecule has 0 amide bonds. The van der Waals surface area contributed by atoms with Gasteiger partial charge in [-0.15, -0.1) is 0 Å². The Hall–Kier alpha value is -1.27. The van der Waals surface area contributed by atoms with Crippen LogP contribution in [-0.2, 0) is 12.7 Å². The van der Waals surface area contributed by atoms with Crippen LogP contribution in [0.1, 0.15) is 24.0 Å². The Morgan fingerprint density at radius 2 is 1.95 bits per heavy atom. The highest BCUT2D eigenvalue weighted by Crippen LogP contribution is 2.43. The molecule has 1 spiro atoms. The molecule has 1 saturated heterocycles. The van der Waals surface area contributed by atoms with E-state index in [1.807, 2.05) is 0 Å². The molecular weight excluding hydrogens is 279 g/mol. The van der Waals surface area contributed by atoms with Gasteiger partial charge in [0.05, 0.1) is 5.56 Å². The van der Waals surface area contributed by atoms with E-state index in [1.165, 1.54) is 6.07 Å². The van der Waals surface area contributed by atoms with Crippen molar-refractivity contribution < 1.29 is 13.2 Å². The van der Waals surface area contributed by atoms with E-state index in [-0.39, 0.29) is 11.2 Å². The van der Waals surface area contributed by atoms with Gasteiger partial charge in [-0.3, -0.25) is 9.80 Å². The van der Waals surface area contributed by atoms with Crippen molar-refractivity contribution in [3.63, 3.8) is 0 Å². The maximum Gasteiger partial charge on any atom is 0.416 e. The first kappa shape index (κ1) is 14.7. The zero-order valence-corrected chi connectivity index (χ0v) is 12.1. The molecule has 3 nitrogen and oxygen atoms in total. The van der Waals surface area contributed by atoms with Crippen molar-refractivity contribution in [2.75, 3.05) is 32.4 Å². The summed E-state index contributed by atoms with van der Waals surface area (Å²) in [4.78, 5) is 4.48. The van der Waals surface area contributed by atoms with Crippen molar-refractivity contribution >= 4 is 5.69 Å². The van der Waals surface area contributed by atoms with Crippen LogP contribution in [0, 0.1) is 0 Å². The van der Waals surface area contributed by atoms with Crippen LogP contribution >= 0.6 is 0 Å². The van der Waals surface area contributed by atoms with E-state index >= 15 is 0 Å². The topological polar surface area (TPSA) is 32.5 Å². The summed E-state index contributed by atoms with van der Waals surface area (Å²) in [5, 5.41) is 0. The highest BCUT2D eigenvalue weighted by atomic mass is 19.4. The van der Waals surface area contributed by atoms with Gasteiger partial charge in [-0.05, 0) is 37.6 Å². The molecule has 0 unspecified atom stereocenters. The fourth-order valence-corrected chi connectivity index (χ4v) is 3.20. The Kier molecular flexibility index (Phi) is 3.41. The van der Waals surface area contributed by atoms with Crippen molar-refractivity contribution in [3.8, 4) is 0 Å². The molecule has 1 aromatic carbocycles. The van der Waals surface area contributed by atoms with Crippen LogP contribution in [0.15, 0.2) is 18.2 Å². The predicted molar refractivity (Wildman–Crippen MR) is 75.7 cm³/mol. The number of nitrogens with two attached hydrogens (primary N) is 1. The number of rotatable bonds is 2. The Labute approximate surface area is 122 Å². The van der Waals surface area contributed by atoms with Crippen LogP contribution in [0.5, 0.6) is 0 Å². The molecule has 2 fully saturated rings. The SMILES string of the molecule is CN1CCN(Cc2ccc(N)cc2C(F)(F)F)CC12CC2. The molecule has 1 aliphatic heterocycles. The third kappa shape index (κ3) is 2.87. The van der Waals surface area contributed by atoms with Crippen LogP contribution in [-0.4, -0.2) is 42.0 Å². The van der Waals surface area contributed by atoms with E-state index in [9.17, 15) is 13.2 Å². The smallest absolute Gasteiger partial charge is 0.399 e. The highest BCUT2D eigenvalue weighted by Gasteiger charge is 2.49. The number of benzene rings is 1. The molecule has 0 bridgehead atoms. The highest BCUT2D eigenvalue weighted by molar-refractivity contribution is 5.46. The Morgan fingerprint density at radius 1 is 1.24 bits per heavy atom. The number of hydrogen-bond acceptors (Lipinski definition) is 3. The second kappa shape index (κ2) is 4.88. The second-order valence-electron chi connectivity index (χ2n) is 6.27. The molecule has 1 heterocycles. The summed E-state index contributed by atoms with van der Waals surface area (Å²) >= 11 is 0. The predicted octanol–water partition coefficient (Wildman–Crippen LogP) is 2.57. The monoisotopic (exact) mass is 299 g/mol. The number of likely N-dealkylation sites (N-methyl/N-ethyl adjacent to an activating group) is 1. The molecule has 21 heavy (non-hydrogen) atoms. The summed E-state index contributed by atoms with van der Waals surface area (Å²) in [6, 6.07) is 4.10. The minimum Gasteiger partial charge on any atom is -0.399 e. The first-order chi connectivity index (χ1) is 9.80. The van der Waals surface area contributed by atoms with Crippen LogP contribution < -0.4 is 5.73 Å². The standard InChI is InChI=1S/C15H20F3N3/c1-20-6-7-21(10-14(20)4-5-14)9-11-2-3-12(19)8-13(11)15(16,17)18/h2-3,8H,4-7,9-10,19H2,1H3.